The number of amides is 1. The summed E-state index contributed by atoms with van der Waals surface area (Å²) in [6.07, 6.45) is 4.56. The molecule has 1 aliphatic carbocycles. The Balaban J connectivity index is 1.90. The Hall–Kier alpha value is -1.39. The molecule has 0 bridgehead atoms. The van der Waals surface area contributed by atoms with Crippen LogP contribution in [0.3, 0.4) is 0 Å². The third kappa shape index (κ3) is 3.18. The first-order valence-electron chi connectivity index (χ1n) is 8.34. The number of hydrogen-bond donors (Lipinski definition) is 1. The van der Waals surface area contributed by atoms with Crippen LogP contribution < -0.4 is 0 Å². The molecule has 22 heavy (non-hydrogen) atoms. The van der Waals surface area contributed by atoms with Gasteiger partial charge in [0.25, 0.3) is 0 Å². The lowest BCUT2D eigenvalue weighted by molar-refractivity contribution is -0.145. The van der Waals surface area contributed by atoms with Gasteiger partial charge >= 0.3 is 0 Å². The molecule has 0 spiro atoms. The molecule has 4 nitrogen and oxygen atoms in total. The number of benzene rings is 1. The number of nitrogens with zero attached hydrogens (tertiary/aromatic N) is 1. The van der Waals surface area contributed by atoms with E-state index in [2.05, 4.69) is 0 Å². The van der Waals surface area contributed by atoms with Gasteiger partial charge in [-0.1, -0.05) is 49.6 Å². The molecular weight excluding hydrogens is 278 g/mol. The zero-order valence-electron chi connectivity index (χ0n) is 13.0. The Morgan fingerprint density at radius 2 is 1.73 bits per heavy atom. The van der Waals surface area contributed by atoms with Crippen molar-refractivity contribution in [1.29, 1.82) is 0 Å². The fourth-order valence-corrected chi connectivity index (χ4v) is 3.75. The zero-order valence-corrected chi connectivity index (χ0v) is 13.0. The molecule has 2 aliphatic rings. The Morgan fingerprint density at radius 1 is 1.09 bits per heavy atom. The van der Waals surface area contributed by atoms with Crippen LogP contribution in [0.4, 0.5) is 0 Å². The van der Waals surface area contributed by atoms with E-state index in [1.807, 2.05) is 35.2 Å². The highest BCUT2D eigenvalue weighted by atomic mass is 16.5. The lowest BCUT2D eigenvalue weighted by Crippen LogP contribution is -2.50. The van der Waals surface area contributed by atoms with E-state index in [9.17, 15) is 9.90 Å². The number of aliphatic hydroxyl groups is 1. The quantitative estimate of drug-likeness (QED) is 0.932. The molecule has 2 fully saturated rings. The molecule has 3 rings (SSSR count). The van der Waals surface area contributed by atoms with Crippen LogP contribution in [0, 0.1) is 0 Å². The fourth-order valence-electron chi connectivity index (χ4n) is 3.75. The van der Waals surface area contributed by atoms with Gasteiger partial charge in [-0.05, 0) is 18.4 Å². The molecule has 1 N–H and O–H groups in total. The van der Waals surface area contributed by atoms with Crippen LogP contribution >= 0.6 is 0 Å². The predicted octanol–water partition coefficient (Wildman–Crippen LogP) is 2.32. The van der Waals surface area contributed by atoms with Crippen LogP contribution in [-0.2, 0) is 9.53 Å². The number of carbonyl (C=O) groups is 1. The molecule has 1 atom stereocenters. The molecule has 1 saturated carbocycles. The topological polar surface area (TPSA) is 49.8 Å². The van der Waals surface area contributed by atoms with Crippen molar-refractivity contribution >= 4 is 5.91 Å². The number of carbonyl (C=O) groups excluding carboxylic acids is 1. The van der Waals surface area contributed by atoms with Crippen LogP contribution in [0.25, 0.3) is 0 Å². The Labute approximate surface area is 132 Å². The van der Waals surface area contributed by atoms with Crippen LogP contribution in [-0.4, -0.2) is 47.8 Å². The van der Waals surface area contributed by atoms with Gasteiger partial charge < -0.3 is 14.7 Å². The van der Waals surface area contributed by atoms with E-state index >= 15 is 0 Å². The van der Waals surface area contributed by atoms with Crippen LogP contribution in [0.5, 0.6) is 0 Å². The van der Waals surface area contributed by atoms with Gasteiger partial charge in [-0.15, -0.1) is 0 Å². The molecule has 0 unspecified atom stereocenters. The van der Waals surface area contributed by atoms with Gasteiger partial charge in [-0.25, -0.2) is 0 Å². The maximum atomic E-state index is 13.1. The summed E-state index contributed by atoms with van der Waals surface area (Å²) in [5.74, 6) is -0.397. The fraction of sp³-hybridized carbons (Fsp3) is 0.611. The molecule has 1 aromatic carbocycles. The first-order chi connectivity index (χ1) is 10.7. The summed E-state index contributed by atoms with van der Waals surface area (Å²) >= 11 is 0. The first-order valence-corrected chi connectivity index (χ1v) is 8.34. The summed E-state index contributed by atoms with van der Waals surface area (Å²) in [4.78, 5) is 15.0. The minimum absolute atomic E-state index is 0.0545. The van der Waals surface area contributed by atoms with Gasteiger partial charge in [0.2, 0.25) is 5.91 Å². The Kier molecular flexibility index (Phi) is 4.79. The van der Waals surface area contributed by atoms with Gasteiger partial charge in [0.15, 0.2) is 0 Å². The molecule has 1 amide bonds. The Bertz CT molecular complexity index is 490. The molecule has 120 valence electrons. The van der Waals surface area contributed by atoms with E-state index in [0.717, 1.165) is 24.8 Å². The van der Waals surface area contributed by atoms with E-state index in [1.54, 1.807) is 0 Å². The highest BCUT2D eigenvalue weighted by Gasteiger charge is 2.44. The number of ether oxygens (including phenoxy) is 1. The number of hydrogen-bond acceptors (Lipinski definition) is 3. The average Bonchev–Trinajstić information content (AvgIpc) is 2.57. The van der Waals surface area contributed by atoms with Crippen molar-refractivity contribution in [3.05, 3.63) is 35.9 Å². The first kappa shape index (κ1) is 15.5. The van der Waals surface area contributed by atoms with Crippen LogP contribution in [0.15, 0.2) is 30.3 Å². The van der Waals surface area contributed by atoms with Crippen molar-refractivity contribution in [2.75, 3.05) is 26.3 Å². The maximum Gasteiger partial charge on any atom is 0.233 e. The van der Waals surface area contributed by atoms with Crippen molar-refractivity contribution in [2.45, 2.75) is 43.6 Å². The lowest BCUT2D eigenvalue weighted by Gasteiger charge is -2.41. The molecular formula is C18H25NO3. The molecule has 1 aromatic rings. The zero-order chi connectivity index (χ0) is 15.4. The van der Waals surface area contributed by atoms with E-state index in [4.69, 9.17) is 4.74 Å². The van der Waals surface area contributed by atoms with Crippen LogP contribution in [0.2, 0.25) is 0 Å². The second-order valence-corrected chi connectivity index (χ2v) is 6.45. The third-order valence-corrected chi connectivity index (χ3v) is 4.96. The standard InChI is InChI=1S/C18H25NO3/c20-17(19-11-13-22-14-12-19)16(15-7-3-1-4-8-15)18(21)9-5-2-6-10-18/h1,3-4,7-8,16,21H,2,5-6,9-14H2/t16-/m1/s1. The maximum absolute atomic E-state index is 13.1. The minimum Gasteiger partial charge on any atom is -0.389 e. The third-order valence-electron chi connectivity index (χ3n) is 4.96. The molecule has 1 heterocycles. The molecule has 0 radical (unpaired) electrons. The highest BCUT2D eigenvalue weighted by Crippen LogP contribution is 2.41. The number of morpholine rings is 1. The second-order valence-electron chi connectivity index (χ2n) is 6.45. The second kappa shape index (κ2) is 6.80. The van der Waals surface area contributed by atoms with E-state index < -0.39 is 11.5 Å². The normalized spacial score (nSPS) is 23.0. The van der Waals surface area contributed by atoms with Crippen molar-refractivity contribution in [3.63, 3.8) is 0 Å². The van der Waals surface area contributed by atoms with Crippen molar-refractivity contribution in [3.8, 4) is 0 Å². The van der Waals surface area contributed by atoms with Crippen molar-refractivity contribution in [2.24, 2.45) is 0 Å². The van der Waals surface area contributed by atoms with Crippen molar-refractivity contribution in [1.82, 2.24) is 4.90 Å². The smallest absolute Gasteiger partial charge is 0.233 e. The largest absolute Gasteiger partial charge is 0.389 e. The summed E-state index contributed by atoms with van der Waals surface area (Å²) in [5.41, 5.74) is 0.0259. The predicted molar refractivity (Wildman–Crippen MR) is 84.6 cm³/mol. The molecule has 0 aromatic heterocycles. The summed E-state index contributed by atoms with van der Waals surface area (Å²) in [7, 11) is 0. The molecule has 1 aliphatic heterocycles. The average molecular weight is 303 g/mol. The van der Waals surface area contributed by atoms with Gasteiger partial charge in [0, 0.05) is 13.1 Å². The SMILES string of the molecule is O=C([C@@H](c1ccccc1)C1(O)CCCCC1)N1CCOCC1. The van der Waals surface area contributed by atoms with Crippen molar-refractivity contribution < 1.29 is 14.6 Å². The summed E-state index contributed by atoms with van der Waals surface area (Å²) in [6, 6.07) is 9.78. The summed E-state index contributed by atoms with van der Waals surface area (Å²) < 4.78 is 5.35. The number of rotatable bonds is 3. The lowest BCUT2D eigenvalue weighted by atomic mass is 9.72. The van der Waals surface area contributed by atoms with Gasteiger partial charge in [-0.3, -0.25) is 4.79 Å². The summed E-state index contributed by atoms with van der Waals surface area (Å²) in [6.45, 7) is 2.42. The van der Waals surface area contributed by atoms with Gasteiger partial charge in [0.1, 0.15) is 0 Å². The van der Waals surface area contributed by atoms with E-state index in [0.29, 0.717) is 39.1 Å². The van der Waals surface area contributed by atoms with Gasteiger partial charge in [-0.2, -0.15) is 0 Å². The molecule has 4 heteroatoms. The monoisotopic (exact) mass is 303 g/mol. The Morgan fingerprint density at radius 3 is 2.36 bits per heavy atom. The van der Waals surface area contributed by atoms with E-state index in [-0.39, 0.29) is 5.91 Å². The summed E-state index contributed by atoms with van der Waals surface area (Å²) in [5, 5.41) is 11.2. The highest BCUT2D eigenvalue weighted by molar-refractivity contribution is 5.85. The van der Waals surface area contributed by atoms with Crippen LogP contribution in [0.1, 0.15) is 43.6 Å². The minimum atomic E-state index is -0.908. The van der Waals surface area contributed by atoms with E-state index in [1.165, 1.54) is 0 Å². The van der Waals surface area contributed by atoms with Gasteiger partial charge in [0.05, 0.1) is 24.7 Å². The molecule has 1 saturated heterocycles.